The van der Waals surface area contributed by atoms with Crippen molar-refractivity contribution in [3.05, 3.63) is 0 Å². The third kappa shape index (κ3) is 2.83. The molecular weight excluding hydrogens is 230 g/mol. The number of rotatable bonds is 2. The number of piperidine rings is 2. The zero-order valence-corrected chi connectivity index (χ0v) is 11.3. The molecule has 0 aromatic heterocycles. The minimum atomic E-state index is -0.0932. The maximum Gasteiger partial charge on any atom is 0.226 e. The van der Waals surface area contributed by atoms with E-state index in [1.165, 1.54) is 0 Å². The van der Waals surface area contributed by atoms with Gasteiger partial charge in [0, 0.05) is 45.1 Å². The second-order valence-electron chi connectivity index (χ2n) is 5.42. The summed E-state index contributed by atoms with van der Waals surface area (Å²) in [6, 6.07) is 0.407. The maximum absolute atomic E-state index is 12.4. The largest absolute Gasteiger partial charge is 0.346 e. The molecule has 2 aliphatic rings. The molecule has 2 heterocycles. The number of nitrogens with one attached hydrogen (secondary N) is 1. The molecule has 0 aromatic carbocycles. The van der Waals surface area contributed by atoms with E-state index in [2.05, 4.69) is 5.32 Å². The first-order valence-electron chi connectivity index (χ1n) is 6.82. The van der Waals surface area contributed by atoms with Crippen LogP contribution in [0.5, 0.6) is 0 Å². The van der Waals surface area contributed by atoms with E-state index in [1.807, 2.05) is 11.9 Å². The Hall–Kier alpha value is -1.10. The van der Waals surface area contributed by atoms with Crippen LogP contribution in [0.2, 0.25) is 0 Å². The van der Waals surface area contributed by atoms with E-state index in [-0.39, 0.29) is 17.7 Å². The number of likely N-dealkylation sites (N-methyl/N-ethyl adjacent to an activating group) is 1. The zero-order valence-electron chi connectivity index (χ0n) is 11.3. The standard InChI is InChI=1S/C13H23N3O2/c1-14-11-4-3-6-16(9-11)13(18)10-5-7-15(2)12(17)8-10/h10-11,14H,3-9H2,1-2H3. The summed E-state index contributed by atoms with van der Waals surface area (Å²) in [5.74, 6) is 0.183. The van der Waals surface area contributed by atoms with Crippen LogP contribution in [0, 0.1) is 5.92 Å². The molecule has 0 spiro atoms. The van der Waals surface area contributed by atoms with Crippen LogP contribution in [0.25, 0.3) is 0 Å². The van der Waals surface area contributed by atoms with Gasteiger partial charge in [-0.05, 0) is 26.3 Å². The van der Waals surface area contributed by atoms with Gasteiger partial charge in [-0.25, -0.2) is 0 Å². The predicted molar refractivity (Wildman–Crippen MR) is 69.0 cm³/mol. The molecule has 2 fully saturated rings. The lowest BCUT2D eigenvalue weighted by molar-refractivity contribution is -0.145. The van der Waals surface area contributed by atoms with Crippen LogP contribution in [0.1, 0.15) is 25.7 Å². The predicted octanol–water partition coefficient (Wildman–Crippen LogP) is 0.0652. The van der Waals surface area contributed by atoms with Crippen molar-refractivity contribution >= 4 is 11.8 Å². The van der Waals surface area contributed by atoms with Gasteiger partial charge >= 0.3 is 0 Å². The smallest absolute Gasteiger partial charge is 0.226 e. The average molecular weight is 253 g/mol. The highest BCUT2D eigenvalue weighted by molar-refractivity contribution is 5.87. The van der Waals surface area contributed by atoms with Crippen LogP contribution in [0.15, 0.2) is 0 Å². The van der Waals surface area contributed by atoms with Gasteiger partial charge in [0.25, 0.3) is 0 Å². The van der Waals surface area contributed by atoms with Crippen molar-refractivity contribution in [2.75, 3.05) is 33.7 Å². The lowest BCUT2D eigenvalue weighted by atomic mass is 9.93. The summed E-state index contributed by atoms with van der Waals surface area (Å²) in [4.78, 5) is 27.7. The summed E-state index contributed by atoms with van der Waals surface area (Å²) in [6.45, 7) is 2.34. The third-order valence-electron chi connectivity index (χ3n) is 4.15. The van der Waals surface area contributed by atoms with Gasteiger partial charge in [0.2, 0.25) is 11.8 Å². The van der Waals surface area contributed by atoms with Crippen molar-refractivity contribution < 1.29 is 9.59 Å². The van der Waals surface area contributed by atoms with E-state index in [9.17, 15) is 9.59 Å². The SMILES string of the molecule is CNC1CCCN(C(=O)C2CCN(C)C(=O)C2)C1. The molecule has 5 nitrogen and oxygen atoms in total. The number of likely N-dealkylation sites (tertiary alicyclic amines) is 2. The van der Waals surface area contributed by atoms with E-state index >= 15 is 0 Å². The Balaban J connectivity index is 1.92. The third-order valence-corrected chi connectivity index (χ3v) is 4.15. The van der Waals surface area contributed by atoms with Gasteiger partial charge in [-0.2, -0.15) is 0 Å². The highest BCUT2D eigenvalue weighted by Gasteiger charge is 2.33. The first-order valence-corrected chi connectivity index (χ1v) is 6.82. The maximum atomic E-state index is 12.4. The molecule has 2 atom stereocenters. The van der Waals surface area contributed by atoms with Crippen molar-refractivity contribution in [3.8, 4) is 0 Å². The quantitative estimate of drug-likeness (QED) is 0.757. The number of carbonyl (C=O) groups is 2. The van der Waals surface area contributed by atoms with Gasteiger partial charge < -0.3 is 15.1 Å². The second-order valence-corrected chi connectivity index (χ2v) is 5.42. The van der Waals surface area contributed by atoms with Crippen molar-refractivity contribution in [2.45, 2.75) is 31.7 Å². The molecule has 0 radical (unpaired) electrons. The first kappa shape index (κ1) is 13.3. The summed E-state index contributed by atoms with van der Waals surface area (Å²) < 4.78 is 0. The summed E-state index contributed by atoms with van der Waals surface area (Å²) in [5, 5.41) is 3.24. The van der Waals surface area contributed by atoms with Crippen molar-refractivity contribution in [2.24, 2.45) is 5.92 Å². The Morgan fingerprint density at radius 1 is 1.33 bits per heavy atom. The number of nitrogens with zero attached hydrogens (tertiary/aromatic N) is 2. The molecule has 2 rings (SSSR count). The fourth-order valence-corrected chi connectivity index (χ4v) is 2.82. The van der Waals surface area contributed by atoms with Gasteiger partial charge in [-0.3, -0.25) is 9.59 Å². The molecule has 5 heteroatoms. The molecule has 102 valence electrons. The van der Waals surface area contributed by atoms with Crippen LogP contribution >= 0.6 is 0 Å². The summed E-state index contributed by atoms with van der Waals surface area (Å²) in [5.41, 5.74) is 0. The minimum absolute atomic E-state index is 0.0932. The molecule has 2 amide bonds. The zero-order chi connectivity index (χ0) is 13.1. The number of carbonyl (C=O) groups excluding carboxylic acids is 2. The summed E-state index contributed by atoms with van der Waals surface area (Å²) >= 11 is 0. The molecule has 2 aliphatic heterocycles. The van der Waals surface area contributed by atoms with Gasteiger partial charge in [-0.1, -0.05) is 0 Å². The number of hydrogen-bond donors (Lipinski definition) is 1. The minimum Gasteiger partial charge on any atom is -0.346 e. The lowest BCUT2D eigenvalue weighted by Crippen LogP contribution is -2.50. The second kappa shape index (κ2) is 5.69. The Kier molecular flexibility index (Phi) is 4.22. The van der Waals surface area contributed by atoms with Crippen molar-refractivity contribution in [1.82, 2.24) is 15.1 Å². The highest BCUT2D eigenvalue weighted by atomic mass is 16.2. The Morgan fingerprint density at radius 2 is 2.11 bits per heavy atom. The van der Waals surface area contributed by atoms with E-state index in [1.54, 1.807) is 11.9 Å². The Bertz CT molecular complexity index is 332. The van der Waals surface area contributed by atoms with Crippen LogP contribution < -0.4 is 5.32 Å². The van der Waals surface area contributed by atoms with Gasteiger partial charge in [0.05, 0.1) is 0 Å². The van der Waals surface area contributed by atoms with Crippen molar-refractivity contribution in [3.63, 3.8) is 0 Å². The highest BCUT2D eigenvalue weighted by Crippen LogP contribution is 2.21. The molecule has 0 aromatic rings. The fourth-order valence-electron chi connectivity index (χ4n) is 2.82. The van der Waals surface area contributed by atoms with Crippen LogP contribution in [-0.4, -0.2) is 61.4 Å². The molecule has 2 saturated heterocycles. The molecule has 0 saturated carbocycles. The van der Waals surface area contributed by atoms with Gasteiger partial charge in [0.15, 0.2) is 0 Å². The van der Waals surface area contributed by atoms with E-state index in [0.717, 1.165) is 32.4 Å². The van der Waals surface area contributed by atoms with Crippen LogP contribution in [-0.2, 0) is 9.59 Å². The van der Waals surface area contributed by atoms with Gasteiger partial charge in [-0.15, -0.1) is 0 Å². The normalized spacial score (nSPS) is 29.6. The average Bonchev–Trinajstić information content (AvgIpc) is 2.41. The molecule has 1 N–H and O–H groups in total. The van der Waals surface area contributed by atoms with E-state index < -0.39 is 0 Å². The number of amides is 2. The Labute approximate surface area is 108 Å². The summed E-state index contributed by atoms with van der Waals surface area (Å²) in [6.07, 6.45) is 3.38. The van der Waals surface area contributed by atoms with Crippen LogP contribution in [0.4, 0.5) is 0 Å². The fraction of sp³-hybridized carbons (Fsp3) is 0.846. The number of hydrogen-bond acceptors (Lipinski definition) is 3. The molecule has 0 bridgehead atoms. The molecule has 18 heavy (non-hydrogen) atoms. The van der Waals surface area contributed by atoms with Gasteiger partial charge in [0.1, 0.15) is 0 Å². The van der Waals surface area contributed by atoms with Crippen LogP contribution in [0.3, 0.4) is 0 Å². The van der Waals surface area contributed by atoms with E-state index in [0.29, 0.717) is 19.0 Å². The first-order chi connectivity index (χ1) is 8.61. The van der Waals surface area contributed by atoms with Crippen molar-refractivity contribution in [1.29, 1.82) is 0 Å². The van der Waals surface area contributed by atoms with E-state index in [4.69, 9.17) is 0 Å². The Morgan fingerprint density at radius 3 is 2.78 bits per heavy atom. The monoisotopic (exact) mass is 253 g/mol. The molecule has 0 aliphatic carbocycles. The summed E-state index contributed by atoms with van der Waals surface area (Å²) in [7, 11) is 3.75. The topological polar surface area (TPSA) is 52.7 Å². The molecular formula is C13H23N3O2. The lowest BCUT2D eigenvalue weighted by Gasteiger charge is -2.36. The molecule has 2 unspecified atom stereocenters.